The molecule has 8 heteroatoms. The van der Waals surface area contributed by atoms with Crippen LogP contribution in [0.3, 0.4) is 0 Å². The van der Waals surface area contributed by atoms with Crippen LogP contribution in [0.4, 0.5) is 11.4 Å². The molecule has 0 fully saturated rings. The maximum Gasteiger partial charge on any atom is 0.229 e. The van der Waals surface area contributed by atoms with Crippen LogP contribution < -0.4 is 10.0 Å². The summed E-state index contributed by atoms with van der Waals surface area (Å²) in [6, 6.07) is 7.03. The van der Waals surface area contributed by atoms with E-state index in [1.807, 2.05) is 12.3 Å². The van der Waals surface area contributed by atoms with Crippen molar-refractivity contribution in [1.82, 2.24) is 15.0 Å². The van der Waals surface area contributed by atoms with Crippen LogP contribution in [-0.2, 0) is 23.6 Å². The normalized spacial score (nSPS) is 11.3. The smallest absolute Gasteiger partial charge is 0.229 e. The van der Waals surface area contributed by atoms with E-state index in [-0.39, 0.29) is 0 Å². The van der Waals surface area contributed by atoms with Gasteiger partial charge in [0.25, 0.3) is 0 Å². The number of nitrogens with zero attached hydrogens (tertiary/aromatic N) is 3. The van der Waals surface area contributed by atoms with Gasteiger partial charge in [-0.15, -0.1) is 5.10 Å². The van der Waals surface area contributed by atoms with Gasteiger partial charge in [-0.1, -0.05) is 11.3 Å². The van der Waals surface area contributed by atoms with E-state index in [1.54, 1.807) is 29.9 Å². The summed E-state index contributed by atoms with van der Waals surface area (Å²) in [7, 11) is -1.46. The van der Waals surface area contributed by atoms with Crippen molar-refractivity contribution in [3.05, 3.63) is 36.2 Å². The number of hydrogen-bond acceptors (Lipinski definition) is 5. The molecule has 0 atom stereocenters. The standard InChI is InChI=1S/C11H15N5O2S/c1-16-8-11(13-15-16)7-12-9-4-3-5-10(6-9)14-19(2,17)18/h3-6,8,12,14H,7H2,1-2H3. The Morgan fingerprint density at radius 1 is 1.32 bits per heavy atom. The first-order valence-electron chi connectivity index (χ1n) is 5.59. The molecule has 1 aromatic carbocycles. The van der Waals surface area contributed by atoms with Crippen LogP contribution >= 0.6 is 0 Å². The molecule has 0 bridgehead atoms. The van der Waals surface area contributed by atoms with Gasteiger partial charge in [0.2, 0.25) is 10.0 Å². The second-order valence-electron chi connectivity index (χ2n) is 4.19. The summed E-state index contributed by atoms with van der Waals surface area (Å²) in [5, 5.41) is 10.9. The van der Waals surface area contributed by atoms with Crippen LogP contribution in [0.15, 0.2) is 30.5 Å². The highest BCUT2D eigenvalue weighted by Gasteiger charge is 2.03. The summed E-state index contributed by atoms with van der Waals surface area (Å²) < 4.78 is 26.3. The van der Waals surface area contributed by atoms with Crippen LogP contribution in [-0.4, -0.2) is 29.7 Å². The van der Waals surface area contributed by atoms with Crippen molar-refractivity contribution in [2.75, 3.05) is 16.3 Å². The molecule has 0 aliphatic carbocycles. The number of aryl methyl sites for hydroxylation is 1. The number of rotatable bonds is 5. The molecule has 7 nitrogen and oxygen atoms in total. The molecule has 0 radical (unpaired) electrons. The Morgan fingerprint density at radius 2 is 2.05 bits per heavy atom. The molecule has 2 rings (SSSR count). The maximum atomic E-state index is 11.1. The molecule has 0 spiro atoms. The van der Waals surface area contributed by atoms with Crippen molar-refractivity contribution < 1.29 is 8.42 Å². The van der Waals surface area contributed by atoms with Gasteiger partial charge in [0, 0.05) is 18.9 Å². The molecule has 1 aromatic heterocycles. The van der Waals surface area contributed by atoms with Crippen molar-refractivity contribution in [2.24, 2.45) is 7.05 Å². The Labute approximate surface area is 111 Å². The minimum atomic E-state index is -3.26. The summed E-state index contributed by atoms with van der Waals surface area (Å²) in [4.78, 5) is 0. The van der Waals surface area contributed by atoms with Gasteiger partial charge < -0.3 is 5.32 Å². The first-order chi connectivity index (χ1) is 8.92. The Balaban J connectivity index is 2.03. The Morgan fingerprint density at radius 3 is 2.68 bits per heavy atom. The van der Waals surface area contributed by atoms with Gasteiger partial charge in [-0.2, -0.15) is 0 Å². The number of hydrogen-bond donors (Lipinski definition) is 2. The van der Waals surface area contributed by atoms with Crippen LogP contribution in [0.1, 0.15) is 5.69 Å². The van der Waals surface area contributed by atoms with E-state index >= 15 is 0 Å². The van der Waals surface area contributed by atoms with Crippen molar-refractivity contribution in [1.29, 1.82) is 0 Å². The number of sulfonamides is 1. The molecule has 0 saturated carbocycles. The van der Waals surface area contributed by atoms with Crippen molar-refractivity contribution >= 4 is 21.4 Å². The monoisotopic (exact) mass is 281 g/mol. The maximum absolute atomic E-state index is 11.1. The molecule has 102 valence electrons. The van der Waals surface area contributed by atoms with Gasteiger partial charge in [0.15, 0.2) is 0 Å². The van der Waals surface area contributed by atoms with Crippen LogP contribution in [0.5, 0.6) is 0 Å². The molecule has 0 saturated heterocycles. The summed E-state index contributed by atoms with van der Waals surface area (Å²) in [5.41, 5.74) is 2.13. The van der Waals surface area contributed by atoms with Crippen LogP contribution in [0.2, 0.25) is 0 Å². The summed E-state index contributed by atoms with van der Waals surface area (Å²) in [6.07, 6.45) is 2.93. The van der Waals surface area contributed by atoms with Gasteiger partial charge in [-0.25, -0.2) is 8.42 Å². The van der Waals surface area contributed by atoms with E-state index in [0.29, 0.717) is 12.2 Å². The molecule has 0 amide bonds. The lowest BCUT2D eigenvalue weighted by molar-refractivity contribution is 0.607. The quantitative estimate of drug-likeness (QED) is 0.846. The molecule has 2 aromatic rings. The van der Waals surface area contributed by atoms with E-state index in [0.717, 1.165) is 17.6 Å². The minimum Gasteiger partial charge on any atom is -0.379 e. The molecule has 2 N–H and O–H groups in total. The fourth-order valence-electron chi connectivity index (χ4n) is 1.58. The zero-order valence-corrected chi connectivity index (χ0v) is 11.5. The molecular weight excluding hydrogens is 266 g/mol. The zero-order chi connectivity index (χ0) is 13.9. The Hall–Kier alpha value is -2.09. The summed E-state index contributed by atoms with van der Waals surface area (Å²) in [5.74, 6) is 0. The third-order valence-corrected chi connectivity index (χ3v) is 2.90. The predicted octanol–water partition coefficient (Wildman–Crippen LogP) is 0.799. The van der Waals surface area contributed by atoms with Gasteiger partial charge in [-0.3, -0.25) is 9.40 Å². The first-order valence-corrected chi connectivity index (χ1v) is 7.48. The van der Waals surface area contributed by atoms with Gasteiger partial charge in [0.1, 0.15) is 5.69 Å². The predicted molar refractivity (Wildman–Crippen MR) is 73.2 cm³/mol. The topological polar surface area (TPSA) is 88.9 Å². The lowest BCUT2D eigenvalue weighted by Crippen LogP contribution is -2.09. The highest BCUT2D eigenvalue weighted by Crippen LogP contribution is 2.16. The van der Waals surface area contributed by atoms with E-state index in [2.05, 4.69) is 20.4 Å². The van der Waals surface area contributed by atoms with Crippen molar-refractivity contribution in [2.45, 2.75) is 6.54 Å². The minimum absolute atomic E-state index is 0.520. The van der Waals surface area contributed by atoms with Gasteiger partial charge >= 0.3 is 0 Å². The second-order valence-corrected chi connectivity index (χ2v) is 5.94. The Kier molecular flexibility index (Phi) is 3.70. The molecule has 0 unspecified atom stereocenters. The number of anilines is 2. The molecule has 0 aliphatic heterocycles. The highest BCUT2D eigenvalue weighted by atomic mass is 32.2. The summed E-state index contributed by atoms with van der Waals surface area (Å²) >= 11 is 0. The SMILES string of the molecule is Cn1cc(CNc2cccc(NS(C)(=O)=O)c2)nn1. The average Bonchev–Trinajstić information content (AvgIpc) is 2.71. The zero-order valence-electron chi connectivity index (χ0n) is 10.7. The average molecular weight is 281 g/mol. The third-order valence-electron chi connectivity index (χ3n) is 2.29. The molecule has 19 heavy (non-hydrogen) atoms. The number of aromatic nitrogens is 3. The van der Waals surface area contributed by atoms with E-state index in [4.69, 9.17) is 0 Å². The van der Waals surface area contributed by atoms with Crippen LogP contribution in [0.25, 0.3) is 0 Å². The molecular formula is C11H15N5O2S. The lowest BCUT2D eigenvalue weighted by Gasteiger charge is -2.07. The largest absolute Gasteiger partial charge is 0.379 e. The lowest BCUT2D eigenvalue weighted by atomic mass is 10.3. The fraction of sp³-hybridized carbons (Fsp3) is 0.273. The first kappa shape index (κ1) is 13.3. The molecule has 1 heterocycles. The fourth-order valence-corrected chi connectivity index (χ4v) is 2.13. The van der Waals surface area contributed by atoms with Crippen molar-refractivity contribution in [3.63, 3.8) is 0 Å². The van der Waals surface area contributed by atoms with E-state index in [1.165, 1.54) is 0 Å². The van der Waals surface area contributed by atoms with Gasteiger partial charge in [-0.05, 0) is 18.2 Å². The summed E-state index contributed by atoms with van der Waals surface area (Å²) in [6.45, 7) is 0.524. The number of nitrogens with one attached hydrogen (secondary N) is 2. The van der Waals surface area contributed by atoms with Crippen molar-refractivity contribution in [3.8, 4) is 0 Å². The third kappa shape index (κ3) is 4.25. The van der Waals surface area contributed by atoms with E-state index in [9.17, 15) is 8.42 Å². The highest BCUT2D eigenvalue weighted by molar-refractivity contribution is 7.92. The van der Waals surface area contributed by atoms with Crippen LogP contribution in [0, 0.1) is 0 Å². The molecule has 0 aliphatic rings. The second kappa shape index (κ2) is 5.27. The van der Waals surface area contributed by atoms with Gasteiger partial charge in [0.05, 0.1) is 18.5 Å². The number of benzene rings is 1. The Bertz CT molecular complexity index is 665. The van der Waals surface area contributed by atoms with E-state index < -0.39 is 10.0 Å².